The van der Waals surface area contributed by atoms with E-state index in [1.54, 1.807) is 29.1 Å². The van der Waals surface area contributed by atoms with Gasteiger partial charge in [0.05, 0.1) is 46.0 Å². The van der Waals surface area contributed by atoms with Crippen LogP contribution < -0.4 is 5.32 Å². The average Bonchev–Trinajstić information content (AvgIpc) is 3.56. The minimum absolute atomic E-state index is 0.204. The van der Waals surface area contributed by atoms with Gasteiger partial charge in [0.25, 0.3) is 0 Å². The predicted molar refractivity (Wildman–Crippen MR) is 149 cm³/mol. The molecule has 0 aliphatic heterocycles. The third kappa shape index (κ3) is 5.17. The summed E-state index contributed by atoms with van der Waals surface area (Å²) >= 11 is 16.0. The second-order valence-corrected chi connectivity index (χ2v) is 9.71. The maximum Gasteiger partial charge on any atom is 0.234 e. The van der Waals surface area contributed by atoms with Crippen molar-refractivity contribution in [3.63, 3.8) is 0 Å². The highest BCUT2D eigenvalue weighted by Crippen LogP contribution is 2.49. The molecule has 0 radical (unpaired) electrons. The number of carbonyl (C=O) groups excluding carboxylic acids is 1. The van der Waals surface area contributed by atoms with Crippen LogP contribution in [0, 0.1) is 11.3 Å². The fourth-order valence-corrected chi connectivity index (χ4v) is 5.09. The summed E-state index contributed by atoms with van der Waals surface area (Å²) in [6, 6.07) is 5.31. The Labute approximate surface area is 231 Å². The number of fused-ring (bicyclic) bond motifs is 3. The lowest BCUT2D eigenvalue weighted by Crippen LogP contribution is -2.37. The van der Waals surface area contributed by atoms with Crippen LogP contribution in [-0.2, 0) is 15.6 Å². The van der Waals surface area contributed by atoms with Crippen LogP contribution >= 0.6 is 35.8 Å². The topological polar surface area (TPSA) is 114 Å². The van der Waals surface area contributed by atoms with Gasteiger partial charge in [-0.15, -0.1) is 0 Å². The Balaban J connectivity index is 0.000000907. The molecule has 0 fully saturated rings. The molecule has 0 aromatic carbocycles. The predicted octanol–water partition coefficient (Wildman–Crippen LogP) is 5.64. The minimum atomic E-state index is -0.854. The highest BCUT2D eigenvalue weighted by molar-refractivity contribution is 7.79. The summed E-state index contributed by atoms with van der Waals surface area (Å²) in [5.41, 5.74) is 2.00. The SMILES string of the molecule is CC.CC1(C)CC(C)(C(=O)Nc2cnc(-n3cc(C#N)cn3)c(Cl)c2)c2cnc3cc(Cl)nn3c21.CS. The van der Waals surface area contributed by atoms with Crippen LogP contribution in [0.3, 0.4) is 0 Å². The van der Waals surface area contributed by atoms with Gasteiger partial charge in [-0.25, -0.2) is 19.2 Å². The van der Waals surface area contributed by atoms with E-state index in [0.29, 0.717) is 34.3 Å². The summed E-state index contributed by atoms with van der Waals surface area (Å²) in [5.74, 6) is 0.155. The Morgan fingerprint density at radius 2 is 1.84 bits per heavy atom. The molecule has 4 aromatic rings. The van der Waals surface area contributed by atoms with Crippen molar-refractivity contribution in [1.29, 1.82) is 5.26 Å². The standard InChI is InChI=1S/C22H18Cl2N8O.C2H6.CH4S/c1-21(2)11-22(3,14-9-26-17-5-16(24)30-32(17)18(14)21)20(33)29-13-4-15(23)19(27-8-13)31-10-12(6-25)7-28-31;2*1-2/h4-5,7-10H,11H2,1-3H3,(H,29,33);1-2H3;2H,1H3. The summed E-state index contributed by atoms with van der Waals surface area (Å²) < 4.78 is 3.14. The molecule has 4 aromatic heterocycles. The largest absolute Gasteiger partial charge is 0.324 e. The Morgan fingerprint density at radius 1 is 1.14 bits per heavy atom. The van der Waals surface area contributed by atoms with Gasteiger partial charge in [-0.3, -0.25) is 4.79 Å². The fourth-order valence-electron chi connectivity index (χ4n) is 4.66. The number of hydrogen-bond acceptors (Lipinski definition) is 7. The first-order valence-corrected chi connectivity index (χ1v) is 13.2. The van der Waals surface area contributed by atoms with Gasteiger partial charge in [0.15, 0.2) is 16.6 Å². The molecule has 1 amide bonds. The minimum Gasteiger partial charge on any atom is -0.324 e. The van der Waals surface area contributed by atoms with E-state index in [0.717, 1.165) is 11.3 Å². The first-order valence-electron chi connectivity index (χ1n) is 11.5. The number of carbonyl (C=O) groups is 1. The van der Waals surface area contributed by atoms with Crippen molar-refractivity contribution >= 4 is 53.1 Å². The molecule has 1 aliphatic carbocycles. The van der Waals surface area contributed by atoms with E-state index < -0.39 is 5.41 Å². The van der Waals surface area contributed by atoms with Crippen molar-refractivity contribution in [1.82, 2.24) is 29.4 Å². The third-order valence-electron chi connectivity index (χ3n) is 5.99. The monoisotopic (exact) mass is 558 g/mol. The van der Waals surface area contributed by atoms with Crippen LogP contribution in [0.2, 0.25) is 10.2 Å². The van der Waals surface area contributed by atoms with Gasteiger partial charge in [0.2, 0.25) is 5.91 Å². The quantitative estimate of drug-likeness (QED) is 0.314. The third-order valence-corrected chi connectivity index (χ3v) is 6.46. The molecule has 0 saturated heterocycles. The van der Waals surface area contributed by atoms with Crippen LogP contribution in [0.1, 0.15) is 57.9 Å². The van der Waals surface area contributed by atoms with Crippen LogP contribution in [0.5, 0.6) is 0 Å². The van der Waals surface area contributed by atoms with Crippen LogP contribution in [-0.4, -0.2) is 41.5 Å². The summed E-state index contributed by atoms with van der Waals surface area (Å²) in [7, 11) is 0. The number of nitriles is 1. The molecule has 4 heterocycles. The maximum atomic E-state index is 13.5. The number of nitrogens with one attached hydrogen (secondary N) is 1. The zero-order chi connectivity index (χ0) is 27.5. The summed E-state index contributed by atoms with van der Waals surface area (Å²) in [4.78, 5) is 22.3. The number of nitrogens with zero attached hydrogens (tertiary/aromatic N) is 7. The van der Waals surface area contributed by atoms with Gasteiger partial charge in [-0.1, -0.05) is 50.9 Å². The highest BCUT2D eigenvalue weighted by Gasteiger charge is 2.51. The van der Waals surface area contributed by atoms with Crippen molar-refractivity contribution in [3.05, 3.63) is 63.9 Å². The maximum absolute atomic E-state index is 13.5. The first kappa shape index (κ1) is 28.4. The molecule has 1 atom stereocenters. The smallest absolute Gasteiger partial charge is 0.234 e. The number of hydrogen-bond donors (Lipinski definition) is 2. The Morgan fingerprint density at radius 3 is 2.46 bits per heavy atom. The van der Waals surface area contributed by atoms with E-state index in [1.165, 1.54) is 23.3 Å². The van der Waals surface area contributed by atoms with E-state index >= 15 is 0 Å². The molecule has 9 nitrogen and oxygen atoms in total. The molecule has 37 heavy (non-hydrogen) atoms. The zero-order valence-corrected chi connectivity index (χ0v) is 23.8. The van der Waals surface area contributed by atoms with Crippen molar-refractivity contribution in [2.75, 3.05) is 11.6 Å². The molecule has 1 unspecified atom stereocenters. The fraction of sp³-hybridized carbons (Fsp3) is 0.360. The van der Waals surface area contributed by atoms with Crippen molar-refractivity contribution in [2.24, 2.45) is 0 Å². The summed E-state index contributed by atoms with van der Waals surface area (Å²) in [5, 5.41) is 21.0. The summed E-state index contributed by atoms with van der Waals surface area (Å²) in [6.07, 6.45) is 8.44. The lowest BCUT2D eigenvalue weighted by molar-refractivity contribution is -0.121. The van der Waals surface area contributed by atoms with Crippen LogP contribution in [0.4, 0.5) is 5.69 Å². The second-order valence-electron chi connectivity index (χ2n) is 8.92. The van der Waals surface area contributed by atoms with Gasteiger partial charge in [0, 0.05) is 23.2 Å². The molecule has 1 aliphatic rings. The van der Waals surface area contributed by atoms with E-state index in [9.17, 15) is 4.79 Å². The number of anilines is 1. The van der Waals surface area contributed by atoms with E-state index in [4.69, 9.17) is 28.5 Å². The number of aromatic nitrogens is 6. The molecular weight excluding hydrogens is 531 g/mol. The zero-order valence-electron chi connectivity index (χ0n) is 21.4. The van der Waals surface area contributed by atoms with Crippen LogP contribution in [0.25, 0.3) is 11.5 Å². The number of thiol groups is 1. The molecule has 0 bridgehead atoms. The first-order chi connectivity index (χ1) is 17.6. The summed E-state index contributed by atoms with van der Waals surface area (Å²) in [6.45, 7) is 10.0. The van der Waals surface area contributed by atoms with Gasteiger partial charge >= 0.3 is 0 Å². The van der Waals surface area contributed by atoms with Gasteiger partial charge in [0.1, 0.15) is 6.07 Å². The number of rotatable bonds is 3. The molecule has 12 heteroatoms. The van der Waals surface area contributed by atoms with Gasteiger partial charge in [-0.05, 0) is 25.7 Å². The van der Waals surface area contributed by atoms with E-state index in [-0.39, 0.29) is 16.3 Å². The van der Waals surface area contributed by atoms with Crippen molar-refractivity contribution in [2.45, 2.75) is 51.9 Å². The molecule has 0 spiro atoms. The van der Waals surface area contributed by atoms with Crippen molar-refractivity contribution in [3.8, 4) is 11.9 Å². The average molecular weight is 560 g/mol. The molecule has 0 saturated carbocycles. The lowest BCUT2D eigenvalue weighted by Gasteiger charge is -2.26. The van der Waals surface area contributed by atoms with Gasteiger partial charge in [-0.2, -0.15) is 28.1 Å². The van der Waals surface area contributed by atoms with Crippen LogP contribution in [0.15, 0.2) is 36.9 Å². The second kappa shape index (κ2) is 11.1. The highest BCUT2D eigenvalue weighted by atomic mass is 35.5. The number of pyridine rings is 1. The van der Waals surface area contributed by atoms with E-state index in [1.807, 2.05) is 26.8 Å². The lowest BCUT2D eigenvalue weighted by atomic mass is 9.79. The molecule has 194 valence electrons. The Hall–Kier alpha value is -3.13. The van der Waals surface area contributed by atoms with Gasteiger partial charge < -0.3 is 5.32 Å². The molecule has 5 rings (SSSR count). The number of amides is 1. The normalized spacial score (nSPS) is 17.1. The number of halogens is 2. The van der Waals surface area contributed by atoms with Crippen molar-refractivity contribution < 1.29 is 4.79 Å². The Bertz CT molecular complexity index is 1490. The molecular formula is C25H28Cl2N8OS. The van der Waals surface area contributed by atoms with E-state index in [2.05, 4.69) is 52.0 Å². The Kier molecular flexibility index (Phi) is 8.52. The molecule has 1 N–H and O–H groups in total.